The summed E-state index contributed by atoms with van der Waals surface area (Å²) in [5.41, 5.74) is 2.01. The van der Waals surface area contributed by atoms with E-state index < -0.39 is 0 Å². The van der Waals surface area contributed by atoms with Crippen LogP contribution in [0.25, 0.3) is 22.3 Å². The maximum Gasteiger partial charge on any atom is 0.162 e. The smallest absolute Gasteiger partial charge is 0.162 e. The first-order valence-corrected chi connectivity index (χ1v) is 10.4. The van der Waals surface area contributed by atoms with Crippen molar-refractivity contribution in [1.82, 2.24) is 9.97 Å². The number of nitrogens with zero attached hydrogens (tertiary/aromatic N) is 3. The van der Waals surface area contributed by atoms with Crippen molar-refractivity contribution < 1.29 is 4.74 Å². The molecule has 0 N–H and O–H groups in total. The van der Waals surface area contributed by atoms with Crippen LogP contribution in [0.1, 0.15) is 46.0 Å². The van der Waals surface area contributed by atoms with Crippen molar-refractivity contribution >= 4 is 16.7 Å². The third-order valence-corrected chi connectivity index (χ3v) is 5.52. The molecule has 1 aromatic heterocycles. The number of hydrogen-bond acceptors (Lipinski definition) is 4. The van der Waals surface area contributed by atoms with E-state index in [4.69, 9.17) is 14.7 Å². The van der Waals surface area contributed by atoms with E-state index in [9.17, 15) is 0 Å². The predicted molar refractivity (Wildman–Crippen MR) is 116 cm³/mol. The van der Waals surface area contributed by atoms with Crippen LogP contribution in [0.3, 0.4) is 0 Å². The summed E-state index contributed by atoms with van der Waals surface area (Å²) in [5.74, 6) is 2.68. The van der Waals surface area contributed by atoms with Crippen LogP contribution in [0.5, 0.6) is 5.75 Å². The monoisotopic (exact) mass is 375 g/mol. The van der Waals surface area contributed by atoms with Gasteiger partial charge in [0, 0.05) is 24.0 Å². The first-order valence-electron chi connectivity index (χ1n) is 10.4. The zero-order valence-corrected chi connectivity index (χ0v) is 17.1. The van der Waals surface area contributed by atoms with Crippen molar-refractivity contribution in [3.05, 3.63) is 48.5 Å². The number of para-hydroxylation sites is 1. The highest BCUT2D eigenvalue weighted by atomic mass is 16.5. The summed E-state index contributed by atoms with van der Waals surface area (Å²) in [7, 11) is 2.19. The summed E-state index contributed by atoms with van der Waals surface area (Å²) < 4.78 is 5.77. The molecule has 28 heavy (non-hydrogen) atoms. The molecule has 4 heteroatoms. The van der Waals surface area contributed by atoms with E-state index in [1.807, 2.05) is 44.2 Å². The van der Waals surface area contributed by atoms with Gasteiger partial charge >= 0.3 is 0 Å². The van der Waals surface area contributed by atoms with Gasteiger partial charge < -0.3 is 9.64 Å². The molecule has 146 valence electrons. The topological polar surface area (TPSA) is 38.2 Å². The first kappa shape index (κ1) is 18.7. The Morgan fingerprint density at radius 2 is 1.64 bits per heavy atom. The second-order valence-electron chi connectivity index (χ2n) is 7.98. The summed E-state index contributed by atoms with van der Waals surface area (Å²) in [6.07, 6.45) is 6.62. The lowest BCUT2D eigenvalue weighted by atomic mass is 9.94. The molecule has 0 amide bonds. The number of aromatic nitrogens is 2. The first-order chi connectivity index (χ1) is 13.6. The lowest BCUT2D eigenvalue weighted by Gasteiger charge is -2.32. The van der Waals surface area contributed by atoms with Crippen molar-refractivity contribution in [2.75, 3.05) is 11.9 Å². The minimum Gasteiger partial charge on any atom is -0.491 e. The van der Waals surface area contributed by atoms with Gasteiger partial charge in [-0.25, -0.2) is 9.97 Å². The third kappa shape index (κ3) is 3.96. The Labute approximate surface area is 167 Å². The normalized spacial score (nSPS) is 15.1. The third-order valence-electron chi connectivity index (χ3n) is 5.52. The van der Waals surface area contributed by atoms with Gasteiger partial charge in [-0.05, 0) is 63.1 Å². The van der Waals surface area contributed by atoms with E-state index in [0.29, 0.717) is 6.04 Å². The van der Waals surface area contributed by atoms with E-state index in [1.165, 1.54) is 32.1 Å². The summed E-state index contributed by atoms with van der Waals surface area (Å²) in [4.78, 5) is 12.2. The number of hydrogen-bond donors (Lipinski definition) is 0. The van der Waals surface area contributed by atoms with E-state index in [-0.39, 0.29) is 6.10 Å². The van der Waals surface area contributed by atoms with Gasteiger partial charge in [0.2, 0.25) is 0 Å². The van der Waals surface area contributed by atoms with E-state index in [0.717, 1.165) is 33.9 Å². The van der Waals surface area contributed by atoms with Crippen LogP contribution < -0.4 is 9.64 Å². The maximum absolute atomic E-state index is 5.77. The van der Waals surface area contributed by atoms with Gasteiger partial charge in [0.25, 0.3) is 0 Å². The summed E-state index contributed by atoms with van der Waals surface area (Å²) in [6.45, 7) is 4.07. The van der Waals surface area contributed by atoms with Crippen LogP contribution >= 0.6 is 0 Å². The van der Waals surface area contributed by atoms with E-state index in [1.54, 1.807) is 0 Å². The second kappa shape index (κ2) is 8.17. The molecule has 0 saturated heterocycles. The number of anilines is 1. The van der Waals surface area contributed by atoms with E-state index >= 15 is 0 Å². The number of ether oxygens (including phenoxy) is 1. The van der Waals surface area contributed by atoms with Crippen LogP contribution in [0.2, 0.25) is 0 Å². The molecule has 3 aromatic rings. The van der Waals surface area contributed by atoms with E-state index in [2.05, 4.69) is 30.1 Å². The summed E-state index contributed by atoms with van der Waals surface area (Å²) >= 11 is 0. The maximum atomic E-state index is 5.77. The number of rotatable bonds is 5. The van der Waals surface area contributed by atoms with Gasteiger partial charge in [0.05, 0.1) is 11.6 Å². The van der Waals surface area contributed by atoms with Crippen LogP contribution in [0.15, 0.2) is 48.5 Å². The van der Waals surface area contributed by atoms with Crippen molar-refractivity contribution in [3.63, 3.8) is 0 Å². The Morgan fingerprint density at radius 3 is 2.36 bits per heavy atom. The molecule has 0 spiro atoms. The largest absolute Gasteiger partial charge is 0.491 e. The molecule has 1 aliphatic carbocycles. The molecule has 0 bridgehead atoms. The van der Waals surface area contributed by atoms with Crippen molar-refractivity contribution in [3.8, 4) is 17.1 Å². The summed E-state index contributed by atoms with van der Waals surface area (Å²) in [6, 6.07) is 17.0. The molecule has 2 aromatic carbocycles. The van der Waals surface area contributed by atoms with Gasteiger partial charge in [0.15, 0.2) is 5.82 Å². The minimum absolute atomic E-state index is 0.165. The molecule has 0 radical (unpaired) electrons. The zero-order chi connectivity index (χ0) is 19.5. The molecule has 1 heterocycles. The van der Waals surface area contributed by atoms with Crippen molar-refractivity contribution in [2.24, 2.45) is 0 Å². The lowest BCUT2D eigenvalue weighted by molar-refractivity contribution is 0.242. The summed E-state index contributed by atoms with van der Waals surface area (Å²) in [5, 5.41) is 1.12. The minimum atomic E-state index is 0.165. The predicted octanol–water partition coefficient (Wildman–Crippen LogP) is 5.85. The number of benzene rings is 2. The molecule has 0 aliphatic heterocycles. The fraction of sp³-hybridized carbons (Fsp3) is 0.417. The molecule has 1 saturated carbocycles. The van der Waals surface area contributed by atoms with Gasteiger partial charge in [-0.15, -0.1) is 0 Å². The molecule has 4 nitrogen and oxygen atoms in total. The quantitative estimate of drug-likeness (QED) is 0.560. The van der Waals surface area contributed by atoms with Gasteiger partial charge in [-0.1, -0.05) is 31.4 Å². The SMILES string of the molecule is CC(C)Oc1ccc(-c2nc(N(C)C3CCCCC3)c3ccccc3n2)cc1. The van der Waals surface area contributed by atoms with Crippen molar-refractivity contribution in [2.45, 2.75) is 58.1 Å². The highest BCUT2D eigenvalue weighted by molar-refractivity contribution is 5.91. The standard InChI is InChI=1S/C24H29N3O/c1-17(2)28-20-15-13-18(14-16-20)23-25-22-12-8-7-11-21(22)24(26-23)27(3)19-9-5-4-6-10-19/h7-8,11-17,19H,4-6,9-10H2,1-3H3. The van der Waals surface area contributed by atoms with Crippen LogP contribution in [-0.4, -0.2) is 29.2 Å². The van der Waals surface area contributed by atoms with Gasteiger partial charge in [0.1, 0.15) is 11.6 Å². The Morgan fingerprint density at radius 1 is 0.929 bits per heavy atom. The Balaban J connectivity index is 1.73. The molecular formula is C24H29N3O. The molecule has 1 fully saturated rings. The molecule has 4 rings (SSSR count). The van der Waals surface area contributed by atoms with Crippen LogP contribution in [-0.2, 0) is 0 Å². The average molecular weight is 376 g/mol. The average Bonchev–Trinajstić information content (AvgIpc) is 2.73. The zero-order valence-electron chi connectivity index (χ0n) is 17.1. The van der Waals surface area contributed by atoms with Gasteiger partial charge in [-0.2, -0.15) is 0 Å². The Bertz CT molecular complexity index is 930. The van der Waals surface area contributed by atoms with Crippen molar-refractivity contribution in [1.29, 1.82) is 0 Å². The molecule has 1 aliphatic rings. The molecular weight excluding hydrogens is 346 g/mol. The molecule has 0 unspecified atom stereocenters. The van der Waals surface area contributed by atoms with Gasteiger partial charge in [-0.3, -0.25) is 0 Å². The Kier molecular flexibility index (Phi) is 5.47. The van der Waals surface area contributed by atoms with Crippen LogP contribution in [0.4, 0.5) is 5.82 Å². The lowest BCUT2D eigenvalue weighted by Crippen LogP contribution is -2.34. The Hall–Kier alpha value is -2.62. The molecule has 0 atom stereocenters. The highest BCUT2D eigenvalue weighted by Gasteiger charge is 2.22. The fourth-order valence-electron chi connectivity index (χ4n) is 4.05. The fourth-order valence-corrected chi connectivity index (χ4v) is 4.05. The second-order valence-corrected chi connectivity index (χ2v) is 7.98. The highest BCUT2D eigenvalue weighted by Crippen LogP contribution is 2.32. The number of fused-ring (bicyclic) bond motifs is 1. The van der Waals surface area contributed by atoms with Crippen LogP contribution in [0, 0.1) is 0 Å².